The van der Waals surface area contributed by atoms with Crippen LogP contribution in [0.2, 0.25) is 0 Å². The molecule has 1 aliphatic rings. The molecule has 1 N–H and O–H groups in total. The van der Waals surface area contributed by atoms with Gasteiger partial charge in [-0.25, -0.2) is 13.6 Å². The largest absolute Gasteiger partial charge is 0.480 e. The standard InChI is InChI=1S/C15H20F2N2O3/c1-2-3-13(15(21)22)19-7-10(6-12(17)14(19)20)4-5-18-8-11(16)9-18/h6-7,11,13H,2-5,8-9H2,1H3,(H,21,22). The van der Waals surface area contributed by atoms with Crippen molar-refractivity contribution in [3.8, 4) is 0 Å². The van der Waals surface area contributed by atoms with Gasteiger partial charge in [0.1, 0.15) is 12.2 Å². The van der Waals surface area contributed by atoms with E-state index in [4.69, 9.17) is 0 Å². The summed E-state index contributed by atoms with van der Waals surface area (Å²) >= 11 is 0. The molecule has 0 aromatic carbocycles. The van der Waals surface area contributed by atoms with Gasteiger partial charge in [0, 0.05) is 25.8 Å². The maximum absolute atomic E-state index is 13.8. The quantitative estimate of drug-likeness (QED) is 0.830. The average molecular weight is 314 g/mol. The summed E-state index contributed by atoms with van der Waals surface area (Å²) in [6.45, 7) is 3.10. The molecule has 122 valence electrons. The molecule has 7 heteroatoms. The van der Waals surface area contributed by atoms with Gasteiger partial charge in [-0.15, -0.1) is 0 Å². The summed E-state index contributed by atoms with van der Waals surface area (Å²) in [5.74, 6) is -2.10. The Morgan fingerprint density at radius 1 is 1.50 bits per heavy atom. The number of aromatic nitrogens is 1. The van der Waals surface area contributed by atoms with Crippen LogP contribution in [-0.4, -0.2) is 46.3 Å². The second-order valence-corrected chi connectivity index (χ2v) is 5.66. The highest BCUT2D eigenvalue weighted by Crippen LogP contribution is 2.16. The number of likely N-dealkylation sites (tertiary alicyclic amines) is 1. The summed E-state index contributed by atoms with van der Waals surface area (Å²) in [6, 6.07) is 0.0716. The van der Waals surface area contributed by atoms with Gasteiger partial charge in [0.15, 0.2) is 5.82 Å². The Balaban J connectivity index is 2.18. The predicted molar refractivity (Wildman–Crippen MR) is 77.3 cm³/mol. The van der Waals surface area contributed by atoms with Crippen LogP contribution < -0.4 is 5.56 Å². The number of halogens is 2. The number of hydrogen-bond acceptors (Lipinski definition) is 3. The van der Waals surface area contributed by atoms with Crippen molar-refractivity contribution >= 4 is 5.97 Å². The van der Waals surface area contributed by atoms with Crippen LogP contribution in [0.4, 0.5) is 8.78 Å². The summed E-state index contributed by atoms with van der Waals surface area (Å²) in [5, 5.41) is 9.23. The van der Waals surface area contributed by atoms with Gasteiger partial charge in [-0.2, -0.15) is 0 Å². The van der Waals surface area contributed by atoms with Crippen LogP contribution in [-0.2, 0) is 11.2 Å². The zero-order valence-corrected chi connectivity index (χ0v) is 12.5. The smallest absolute Gasteiger partial charge is 0.326 e. The Bertz CT molecular complexity index is 597. The molecular weight excluding hydrogens is 294 g/mol. The normalized spacial score (nSPS) is 17.2. The van der Waals surface area contributed by atoms with Gasteiger partial charge in [-0.3, -0.25) is 14.3 Å². The molecule has 5 nitrogen and oxygen atoms in total. The minimum atomic E-state index is -1.15. The zero-order valence-electron chi connectivity index (χ0n) is 12.5. The van der Waals surface area contributed by atoms with Crippen molar-refractivity contribution in [2.45, 2.75) is 38.4 Å². The molecule has 0 spiro atoms. The van der Waals surface area contributed by atoms with E-state index in [9.17, 15) is 23.5 Å². The third-order valence-corrected chi connectivity index (χ3v) is 3.87. The van der Waals surface area contributed by atoms with E-state index in [0.717, 1.165) is 10.6 Å². The molecule has 1 aromatic heterocycles. The Hall–Kier alpha value is -1.76. The van der Waals surface area contributed by atoms with E-state index in [-0.39, 0.29) is 6.42 Å². The highest BCUT2D eigenvalue weighted by atomic mass is 19.1. The fraction of sp³-hybridized carbons (Fsp3) is 0.600. The summed E-state index contributed by atoms with van der Waals surface area (Å²) in [6.07, 6.45) is 1.88. The molecule has 22 heavy (non-hydrogen) atoms. The van der Waals surface area contributed by atoms with Crippen LogP contribution in [0.15, 0.2) is 17.1 Å². The van der Waals surface area contributed by atoms with Crippen LogP contribution in [0.1, 0.15) is 31.4 Å². The number of pyridine rings is 1. The lowest BCUT2D eigenvalue weighted by molar-refractivity contribution is -0.141. The first-order chi connectivity index (χ1) is 10.4. The van der Waals surface area contributed by atoms with E-state index in [1.54, 1.807) is 6.92 Å². The first kappa shape index (κ1) is 16.6. The highest BCUT2D eigenvalue weighted by Gasteiger charge is 2.26. The van der Waals surface area contributed by atoms with Gasteiger partial charge in [0.2, 0.25) is 0 Å². The lowest BCUT2D eigenvalue weighted by Gasteiger charge is -2.34. The van der Waals surface area contributed by atoms with Gasteiger partial charge in [-0.1, -0.05) is 13.3 Å². The number of rotatable bonds is 7. The number of hydrogen-bond donors (Lipinski definition) is 1. The van der Waals surface area contributed by atoms with E-state index in [2.05, 4.69) is 0 Å². The van der Waals surface area contributed by atoms with Gasteiger partial charge in [0.05, 0.1) is 0 Å². The van der Waals surface area contributed by atoms with Crippen LogP contribution in [0, 0.1) is 5.82 Å². The lowest BCUT2D eigenvalue weighted by atomic mass is 10.1. The molecule has 2 heterocycles. The number of alkyl halides is 1. The molecule has 1 atom stereocenters. The second-order valence-electron chi connectivity index (χ2n) is 5.66. The molecule has 0 radical (unpaired) electrons. The monoisotopic (exact) mass is 314 g/mol. The number of carbonyl (C=O) groups is 1. The van der Waals surface area contributed by atoms with Crippen molar-refractivity contribution in [1.82, 2.24) is 9.47 Å². The van der Waals surface area contributed by atoms with Gasteiger partial charge in [-0.05, 0) is 24.5 Å². The van der Waals surface area contributed by atoms with Gasteiger partial charge < -0.3 is 5.11 Å². The number of nitrogens with zero attached hydrogens (tertiary/aromatic N) is 2. The van der Waals surface area contributed by atoms with Crippen molar-refractivity contribution in [1.29, 1.82) is 0 Å². The van der Waals surface area contributed by atoms with Gasteiger partial charge in [0.25, 0.3) is 5.56 Å². The number of carboxylic acid groups (broad SMARTS) is 1. The summed E-state index contributed by atoms with van der Waals surface area (Å²) in [7, 11) is 0. The van der Waals surface area contributed by atoms with Crippen molar-refractivity contribution in [2.24, 2.45) is 0 Å². The predicted octanol–water partition coefficient (Wildman–Crippen LogP) is 1.61. The number of carboxylic acids is 1. The van der Waals surface area contributed by atoms with Crippen LogP contribution in [0.5, 0.6) is 0 Å². The molecule has 0 saturated carbocycles. The molecule has 1 saturated heterocycles. The van der Waals surface area contributed by atoms with Crippen molar-refractivity contribution in [3.05, 3.63) is 34.0 Å². The minimum Gasteiger partial charge on any atom is -0.480 e. The molecule has 0 bridgehead atoms. The average Bonchev–Trinajstić information content (AvgIpc) is 2.43. The summed E-state index contributed by atoms with van der Waals surface area (Å²) in [5.41, 5.74) is -0.376. The van der Waals surface area contributed by atoms with Crippen LogP contribution >= 0.6 is 0 Å². The molecule has 0 amide bonds. The molecule has 1 aliphatic heterocycles. The number of aliphatic carboxylic acids is 1. The minimum absolute atomic E-state index is 0.258. The van der Waals surface area contributed by atoms with Crippen molar-refractivity contribution in [3.63, 3.8) is 0 Å². The molecule has 1 fully saturated rings. The Morgan fingerprint density at radius 2 is 2.18 bits per heavy atom. The fourth-order valence-corrected chi connectivity index (χ4v) is 2.62. The Labute approximate surface area is 127 Å². The second kappa shape index (κ2) is 7.00. The van der Waals surface area contributed by atoms with Crippen molar-refractivity contribution in [2.75, 3.05) is 19.6 Å². The molecule has 0 aliphatic carbocycles. The van der Waals surface area contributed by atoms with Gasteiger partial charge >= 0.3 is 5.97 Å². The third kappa shape index (κ3) is 3.71. The Morgan fingerprint density at radius 3 is 2.73 bits per heavy atom. The van der Waals surface area contributed by atoms with E-state index < -0.39 is 29.6 Å². The fourth-order valence-electron chi connectivity index (χ4n) is 2.62. The van der Waals surface area contributed by atoms with Crippen LogP contribution in [0.3, 0.4) is 0 Å². The molecule has 1 unspecified atom stereocenters. The Kier molecular flexibility index (Phi) is 5.28. The summed E-state index contributed by atoms with van der Waals surface area (Å²) in [4.78, 5) is 25.0. The maximum atomic E-state index is 13.8. The summed E-state index contributed by atoms with van der Waals surface area (Å²) < 4.78 is 27.5. The lowest BCUT2D eigenvalue weighted by Crippen LogP contribution is -2.49. The zero-order chi connectivity index (χ0) is 16.3. The van der Waals surface area contributed by atoms with E-state index in [0.29, 0.717) is 38.0 Å². The SMILES string of the molecule is CCCC(C(=O)O)n1cc(CCN2CC(F)C2)cc(F)c1=O. The third-order valence-electron chi connectivity index (χ3n) is 3.87. The first-order valence-corrected chi connectivity index (χ1v) is 7.42. The topological polar surface area (TPSA) is 62.5 Å². The van der Waals surface area contributed by atoms with E-state index in [1.807, 2.05) is 4.90 Å². The molecule has 1 aromatic rings. The van der Waals surface area contributed by atoms with Crippen LogP contribution in [0.25, 0.3) is 0 Å². The maximum Gasteiger partial charge on any atom is 0.326 e. The molecule has 2 rings (SSSR count). The molecular formula is C15H20F2N2O3. The highest BCUT2D eigenvalue weighted by molar-refractivity contribution is 5.71. The van der Waals surface area contributed by atoms with E-state index in [1.165, 1.54) is 6.20 Å². The van der Waals surface area contributed by atoms with E-state index >= 15 is 0 Å². The first-order valence-electron chi connectivity index (χ1n) is 7.42. The van der Waals surface area contributed by atoms with Crippen molar-refractivity contribution < 1.29 is 18.7 Å².